The van der Waals surface area contributed by atoms with E-state index in [9.17, 15) is 8.42 Å². The maximum absolute atomic E-state index is 11.1. The summed E-state index contributed by atoms with van der Waals surface area (Å²) < 4.78 is 23.6. The first-order valence-corrected chi connectivity index (χ1v) is 7.10. The molecular weight excluding hydrogens is 250 g/mol. The Morgan fingerprint density at radius 3 is 2.88 bits per heavy atom. The molecule has 0 aliphatic carbocycles. The van der Waals surface area contributed by atoms with E-state index < -0.39 is 9.05 Å². The van der Waals surface area contributed by atoms with Gasteiger partial charge in [-0.3, -0.25) is 0 Å². The predicted octanol–water partition coefficient (Wildman–Crippen LogP) is 1.61. The van der Waals surface area contributed by atoms with Gasteiger partial charge in [-0.2, -0.15) is 5.10 Å². The Balaban J connectivity index is 2.54. The lowest BCUT2D eigenvalue weighted by Crippen LogP contribution is -1.95. The summed E-state index contributed by atoms with van der Waals surface area (Å²) in [7, 11) is 1.41. The molecule has 0 aliphatic rings. The van der Waals surface area contributed by atoms with Crippen molar-refractivity contribution in [3.8, 4) is 0 Å². The molecule has 0 saturated heterocycles. The highest BCUT2D eigenvalue weighted by molar-refractivity contribution is 8.13. The number of hydrogen-bond donors (Lipinski definition) is 0. The van der Waals surface area contributed by atoms with Gasteiger partial charge in [-0.25, -0.2) is 17.9 Å². The first-order valence-electron chi connectivity index (χ1n) is 4.79. The Hall–Kier alpha value is -1.14. The number of aryl methyl sites for hydroxylation is 1. The van der Waals surface area contributed by atoms with E-state index in [2.05, 4.69) is 17.0 Å². The molecule has 5 nitrogen and oxygen atoms in total. The zero-order chi connectivity index (χ0) is 11.8. The summed E-state index contributed by atoms with van der Waals surface area (Å²) >= 11 is 0. The molecule has 0 unspecified atom stereocenters. The van der Waals surface area contributed by atoms with E-state index >= 15 is 0 Å². The van der Waals surface area contributed by atoms with E-state index in [4.69, 9.17) is 10.7 Å². The van der Waals surface area contributed by atoms with Crippen molar-refractivity contribution in [3.63, 3.8) is 0 Å². The van der Waals surface area contributed by atoms with Crippen molar-refractivity contribution in [1.29, 1.82) is 0 Å². The van der Waals surface area contributed by atoms with Crippen LogP contribution in [0.1, 0.15) is 18.9 Å². The van der Waals surface area contributed by atoms with E-state index in [1.165, 1.54) is 10.6 Å². The fourth-order valence-corrected chi connectivity index (χ4v) is 2.09. The molecule has 86 valence electrons. The molecule has 0 radical (unpaired) electrons. The molecule has 7 heteroatoms. The monoisotopic (exact) mass is 259 g/mol. The number of fused-ring (bicyclic) bond motifs is 1. The Kier molecular flexibility index (Phi) is 2.86. The van der Waals surface area contributed by atoms with Crippen molar-refractivity contribution in [2.75, 3.05) is 0 Å². The van der Waals surface area contributed by atoms with Crippen LogP contribution in [0, 0.1) is 0 Å². The fraction of sp³-hybridized carbons (Fsp3) is 0.333. The zero-order valence-electron chi connectivity index (χ0n) is 8.59. The van der Waals surface area contributed by atoms with Crippen LogP contribution >= 0.6 is 10.7 Å². The first-order chi connectivity index (χ1) is 7.50. The molecule has 0 atom stereocenters. The van der Waals surface area contributed by atoms with E-state index in [1.54, 1.807) is 12.4 Å². The summed E-state index contributed by atoms with van der Waals surface area (Å²) in [6, 6.07) is 1.35. The highest BCUT2D eigenvalue weighted by Crippen LogP contribution is 2.15. The van der Waals surface area contributed by atoms with E-state index in [0.717, 1.165) is 18.4 Å². The largest absolute Gasteiger partial charge is 0.280 e. The molecule has 2 aromatic rings. The van der Waals surface area contributed by atoms with Crippen LogP contribution in [0.5, 0.6) is 0 Å². The zero-order valence-corrected chi connectivity index (χ0v) is 10.2. The van der Waals surface area contributed by atoms with Gasteiger partial charge in [0, 0.05) is 29.1 Å². The van der Waals surface area contributed by atoms with Crippen LogP contribution < -0.4 is 0 Å². The quantitative estimate of drug-likeness (QED) is 0.786. The second kappa shape index (κ2) is 4.03. The van der Waals surface area contributed by atoms with Crippen molar-refractivity contribution < 1.29 is 8.42 Å². The van der Waals surface area contributed by atoms with Gasteiger partial charge < -0.3 is 0 Å². The summed E-state index contributed by atoms with van der Waals surface area (Å²) in [5.41, 5.74) is 1.48. The lowest BCUT2D eigenvalue weighted by atomic mass is 10.2. The lowest BCUT2D eigenvalue weighted by molar-refractivity contribution is 0.604. The summed E-state index contributed by atoms with van der Waals surface area (Å²) in [5, 5.41) is 3.69. The van der Waals surface area contributed by atoms with Crippen molar-refractivity contribution >= 4 is 25.4 Å². The van der Waals surface area contributed by atoms with Gasteiger partial charge in [0.05, 0.1) is 0 Å². The Labute approximate surface area is 97.5 Å². The van der Waals surface area contributed by atoms with Crippen LogP contribution in [0.4, 0.5) is 0 Å². The van der Waals surface area contributed by atoms with Gasteiger partial charge >= 0.3 is 0 Å². The molecule has 0 spiro atoms. The first kappa shape index (κ1) is 11.3. The third-order valence-electron chi connectivity index (χ3n) is 2.13. The second-order valence-electron chi connectivity index (χ2n) is 3.44. The number of halogens is 1. The van der Waals surface area contributed by atoms with Gasteiger partial charge in [0.2, 0.25) is 0 Å². The van der Waals surface area contributed by atoms with E-state index in [0.29, 0.717) is 5.65 Å². The third kappa shape index (κ3) is 2.17. The van der Waals surface area contributed by atoms with E-state index in [1.807, 2.05) is 0 Å². The van der Waals surface area contributed by atoms with E-state index in [-0.39, 0.29) is 5.03 Å². The molecule has 0 N–H and O–H groups in total. The average molecular weight is 260 g/mol. The predicted molar refractivity (Wildman–Crippen MR) is 60.0 cm³/mol. The third-order valence-corrected chi connectivity index (χ3v) is 3.31. The number of aromatic nitrogens is 3. The van der Waals surface area contributed by atoms with Crippen molar-refractivity contribution in [1.82, 2.24) is 14.6 Å². The molecule has 2 heterocycles. The second-order valence-corrected chi connectivity index (χ2v) is 5.95. The Morgan fingerprint density at radius 2 is 2.25 bits per heavy atom. The molecule has 16 heavy (non-hydrogen) atoms. The molecule has 2 aromatic heterocycles. The standard InChI is InChI=1S/C9H10ClN3O2S/c1-2-3-7-5-11-8-4-9(16(10,14)15)12-13(8)6-7/h4-6H,2-3H2,1H3. The molecule has 0 amide bonds. The SMILES string of the molecule is CCCc1cnc2cc(S(=O)(=O)Cl)nn2c1. The maximum Gasteiger partial charge on any atom is 0.280 e. The number of rotatable bonds is 3. The van der Waals surface area contributed by atoms with Gasteiger partial charge in [-0.1, -0.05) is 13.3 Å². The lowest BCUT2D eigenvalue weighted by Gasteiger charge is -1.97. The van der Waals surface area contributed by atoms with Crippen LogP contribution in [0.2, 0.25) is 0 Å². The molecular formula is C9H10ClN3O2S. The van der Waals surface area contributed by atoms with Crippen LogP contribution in [0.3, 0.4) is 0 Å². The van der Waals surface area contributed by atoms with Crippen LogP contribution in [-0.2, 0) is 15.5 Å². The van der Waals surface area contributed by atoms with Crippen molar-refractivity contribution in [3.05, 3.63) is 24.0 Å². The number of nitrogens with zero attached hydrogens (tertiary/aromatic N) is 3. The van der Waals surface area contributed by atoms with Gasteiger partial charge in [0.15, 0.2) is 10.7 Å². The maximum atomic E-state index is 11.1. The highest BCUT2D eigenvalue weighted by atomic mass is 35.7. The average Bonchev–Trinajstić information content (AvgIpc) is 2.60. The molecule has 2 rings (SSSR count). The van der Waals surface area contributed by atoms with Gasteiger partial charge in [-0.15, -0.1) is 0 Å². The molecule has 0 fully saturated rings. The fourth-order valence-electron chi connectivity index (χ4n) is 1.43. The van der Waals surface area contributed by atoms with Crippen LogP contribution in [-0.4, -0.2) is 23.0 Å². The Bertz CT molecular complexity index is 621. The molecule has 0 bridgehead atoms. The summed E-state index contributed by atoms with van der Waals surface area (Å²) in [6.07, 6.45) is 5.35. The van der Waals surface area contributed by atoms with Gasteiger partial charge in [-0.05, 0) is 12.0 Å². The van der Waals surface area contributed by atoms with Crippen molar-refractivity contribution in [2.24, 2.45) is 0 Å². The molecule has 0 aromatic carbocycles. The molecule has 0 aliphatic heterocycles. The normalized spacial score (nSPS) is 12.1. The number of hydrogen-bond acceptors (Lipinski definition) is 4. The van der Waals surface area contributed by atoms with Crippen LogP contribution in [0.15, 0.2) is 23.5 Å². The van der Waals surface area contributed by atoms with Crippen LogP contribution in [0.25, 0.3) is 5.65 Å². The Morgan fingerprint density at radius 1 is 1.50 bits per heavy atom. The minimum absolute atomic E-state index is 0.171. The van der Waals surface area contributed by atoms with Gasteiger partial charge in [0.1, 0.15) is 0 Å². The highest BCUT2D eigenvalue weighted by Gasteiger charge is 2.15. The smallest absolute Gasteiger partial charge is 0.237 e. The van der Waals surface area contributed by atoms with Crippen molar-refractivity contribution in [2.45, 2.75) is 24.8 Å². The molecule has 0 saturated carbocycles. The minimum Gasteiger partial charge on any atom is -0.237 e. The summed E-state index contributed by atoms with van der Waals surface area (Å²) in [5.74, 6) is 0. The van der Waals surface area contributed by atoms with Gasteiger partial charge in [0.25, 0.3) is 9.05 Å². The topological polar surface area (TPSA) is 64.3 Å². The minimum atomic E-state index is -3.79. The summed E-state index contributed by atoms with van der Waals surface area (Å²) in [4.78, 5) is 4.11. The summed E-state index contributed by atoms with van der Waals surface area (Å²) in [6.45, 7) is 2.06.